The van der Waals surface area contributed by atoms with Crippen LogP contribution < -0.4 is 5.69 Å². The van der Waals surface area contributed by atoms with Crippen molar-refractivity contribution in [1.29, 1.82) is 0 Å². The van der Waals surface area contributed by atoms with E-state index in [2.05, 4.69) is 9.72 Å². The second-order valence-electron chi connectivity index (χ2n) is 4.21. The molecule has 0 aliphatic heterocycles. The van der Waals surface area contributed by atoms with Crippen LogP contribution in [-0.4, -0.2) is 22.6 Å². The van der Waals surface area contributed by atoms with Crippen molar-refractivity contribution in [1.82, 2.24) is 9.55 Å². The van der Waals surface area contributed by atoms with Crippen LogP contribution in [-0.2, 0) is 4.74 Å². The summed E-state index contributed by atoms with van der Waals surface area (Å²) < 4.78 is 20.0. The lowest BCUT2D eigenvalue weighted by Gasteiger charge is -2.09. The molecule has 6 heteroatoms. The van der Waals surface area contributed by atoms with Gasteiger partial charge in [-0.3, -0.25) is 4.57 Å². The van der Waals surface area contributed by atoms with E-state index in [0.29, 0.717) is 5.52 Å². The van der Waals surface area contributed by atoms with Crippen LogP contribution in [0.4, 0.5) is 4.39 Å². The van der Waals surface area contributed by atoms with Gasteiger partial charge in [-0.05, 0) is 26.0 Å². The predicted octanol–water partition coefficient (Wildman–Crippen LogP) is 1.84. The molecule has 1 heterocycles. The Labute approximate surface area is 102 Å². The molecule has 18 heavy (non-hydrogen) atoms. The number of fused-ring (bicyclic) bond motifs is 1. The summed E-state index contributed by atoms with van der Waals surface area (Å²) in [5.74, 6) is -1.51. The Morgan fingerprint density at radius 2 is 2.11 bits per heavy atom. The van der Waals surface area contributed by atoms with Gasteiger partial charge in [0.05, 0.1) is 18.2 Å². The number of nitrogens with one attached hydrogen (secondary N) is 1. The molecular formula is C12H13FN2O3. The van der Waals surface area contributed by atoms with Gasteiger partial charge >= 0.3 is 11.7 Å². The Bertz CT molecular complexity index is 670. The highest BCUT2D eigenvalue weighted by Crippen LogP contribution is 2.21. The van der Waals surface area contributed by atoms with E-state index >= 15 is 0 Å². The molecule has 1 aromatic carbocycles. The maximum Gasteiger partial charge on any atom is 0.340 e. The van der Waals surface area contributed by atoms with Crippen molar-refractivity contribution >= 4 is 17.0 Å². The zero-order chi connectivity index (χ0) is 13.4. The number of rotatable bonds is 2. The maximum atomic E-state index is 14.3. The number of methoxy groups -OCH3 is 1. The van der Waals surface area contributed by atoms with Crippen molar-refractivity contribution < 1.29 is 13.9 Å². The predicted molar refractivity (Wildman–Crippen MR) is 64.2 cm³/mol. The van der Waals surface area contributed by atoms with Gasteiger partial charge in [-0.25, -0.2) is 14.0 Å². The van der Waals surface area contributed by atoms with Gasteiger partial charge in [0.1, 0.15) is 5.52 Å². The van der Waals surface area contributed by atoms with Gasteiger partial charge in [-0.15, -0.1) is 0 Å². The molecule has 0 radical (unpaired) electrons. The third-order valence-electron chi connectivity index (χ3n) is 2.74. The fourth-order valence-corrected chi connectivity index (χ4v) is 1.94. The monoisotopic (exact) mass is 252 g/mol. The second-order valence-corrected chi connectivity index (χ2v) is 4.21. The molecule has 0 fully saturated rings. The lowest BCUT2D eigenvalue weighted by molar-refractivity contribution is 0.0596. The minimum atomic E-state index is -0.765. The van der Waals surface area contributed by atoms with Crippen LogP contribution in [0.5, 0.6) is 0 Å². The summed E-state index contributed by atoms with van der Waals surface area (Å²) in [6.07, 6.45) is 0. The van der Waals surface area contributed by atoms with Crippen molar-refractivity contribution in [2.45, 2.75) is 19.9 Å². The normalized spacial score (nSPS) is 11.2. The number of H-pyrrole nitrogens is 1. The molecule has 0 saturated carbocycles. The minimum absolute atomic E-state index is 0.0953. The summed E-state index contributed by atoms with van der Waals surface area (Å²) in [5, 5.41) is 0. The largest absolute Gasteiger partial charge is 0.465 e. The third-order valence-corrected chi connectivity index (χ3v) is 2.74. The summed E-state index contributed by atoms with van der Waals surface area (Å²) in [7, 11) is 1.18. The number of nitrogens with zero attached hydrogens (tertiary/aromatic N) is 1. The Morgan fingerprint density at radius 1 is 1.44 bits per heavy atom. The number of aromatic nitrogens is 2. The molecule has 1 N–H and O–H groups in total. The average Bonchev–Trinajstić information content (AvgIpc) is 2.66. The van der Waals surface area contributed by atoms with E-state index in [0.717, 1.165) is 0 Å². The highest BCUT2D eigenvalue weighted by Gasteiger charge is 2.20. The first-order valence-electron chi connectivity index (χ1n) is 5.48. The van der Waals surface area contributed by atoms with Crippen LogP contribution in [0.1, 0.15) is 30.2 Å². The van der Waals surface area contributed by atoms with Gasteiger partial charge in [0.25, 0.3) is 0 Å². The van der Waals surface area contributed by atoms with Gasteiger partial charge in [0.15, 0.2) is 5.82 Å². The molecule has 0 atom stereocenters. The number of ether oxygens (including phenoxy) is 1. The van der Waals surface area contributed by atoms with Crippen LogP contribution in [0.3, 0.4) is 0 Å². The summed E-state index contributed by atoms with van der Waals surface area (Å²) in [4.78, 5) is 25.7. The number of esters is 1. The van der Waals surface area contributed by atoms with E-state index in [9.17, 15) is 14.0 Å². The molecular weight excluding hydrogens is 239 g/mol. The quantitative estimate of drug-likeness (QED) is 0.829. The Morgan fingerprint density at radius 3 is 2.67 bits per heavy atom. The lowest BCUT2D eigenvalue weighted by Crippen LogP contribution is -2.19. The highest BCUT2D eigenvalue weighted by molar-refractivity contribution is 5.94. The fraction of sp³-hybridized carbons (Fsp3) is 0.333. The number of hydrogen-bond acceptors (Lipinski definition) is 3. The summed E-state index contributed by atoms with van der Waals surface area (Å²) in [6.45, 7) is 3.53. The van der Waals surface area contributed by atoms with E-state index in [1.165, 1.54) is 23.8 Å². The van der Waals surface area contributed by atoms with Crippen LogP contribution in [0.2, 0.25) is 0 Å². The van der Waals surface area contributed by atoms with E-state index in [1.807, 2.05) is 0 Å². The Balaban J connectivity index is 2.84. The van der Waals surface area contributed by atoms with Crippen LogP contribution in [0.25, 0.3) is 11.0 Å². The Kier molecular flexibility index (Phi) is 2.94. The molecule has 0 bridgehead atoms. The zero-order valence-electron chi connectivity index (χ0n) is 10.3. The number of aromatic amines is 1. The number of benzene rings is 1. The van der Waals surface area contributed by atoms with Gasteiger partial charge < -0.3 is 9.72 Å². The highest BCUT2D eigenvalue weighted by atomic mass is 19.1. The van der Waals surface area contributed by atoms with Crippen LogP contribution >= 0.6 is 0 Å². The second kappa shape index (κ2) is 4.29. The molecule has 2 aromatic rings. The molecule has 0 aliphatic rings. The van der Waals surface area contributed by atoms with Crippen molar-refractivity contribution in [3.63, 3.8) is 0 Å². The van der Waals surface area contributed by atoms with E-state index in [-0.39, 0.29) is 17.1 Å². The van der Waals surface area contributed by atoms with Crippen molar-refractivity contribution in [3.8, 4) is 0 Å². The zero-order valence-corrected chi connectivity index (χ0v) is 10.3. The number of carbonyl (C=O) groups excluding carboxylic acids is 1. The van der Waals surface area contributed by atoms with Crippen molar-refractivity contribution in [2.75, 3.05) is 7.11 Å². The molecule has 0 unspecified atom stereocenters. The lowest BCUT2D eigenvalue weighted by atomic mass is 10.1. The van der Waals surface area contributed by atoms with Crippen molar-refractivity contribution in [3.05, 3.63) is 34.0 Å². The van der Waals surface area contributed by atoms with E-state index in [1.54, 1.807) is 13.8 Å². The Hall–Kier alpha value is -2.11. The van der Waals surface area contributed by atoms with Crippen LogP contribution in [0, 0.1) is 5.82 Å². The number of imidazole rings is 1. The van der Waals surface area contributed by atoms with Gasteiger partial charge in [0, 0.05) is 6.04 Å². The third kappa shape index (κ3) is 1.70. The molecule has 5 nitrogen and oxygen atoms in total. The minimum Gasteiger partial charge on any atom is -0.465 e. The molecule has 2 rings (SSSR count). The maximum absolute atomic E-state index is 14.3. The van der Waals surface area contributed by atoms with Crippen molar-refractivity contribution in [2.24, 2.45) is 0 Å². The van der Waals surface area contributed by atoms with Gasteiger partial charge in [0.2, 0.25) is 0 Å². The fourth-order valence-electron chi connectivity index (χ4n) is 1.94. The number of hydrogen-bond donors (Lipinski definition) is 1. The molecule has 0 saturated heterocycles. The van der Waals surface area contributed by atoms with Gasteiger partial charge in [-0.2, -0.15) is 0 Å². The molecule has 0 amide bonds. The standard InChI is InChI=1S/C12H13FN2O3/c1-6(2)15-10-8(14-12(15)17)5-4-7(9(10)13)11(16)18-3/h4-6H,1-3H3,(H,14,17). The first-order valence-corrected chi connectivity index (χ1v) is 5.48. The summed E-state index contributed by atoms with van der Waals surface area (Å²) in [5.41, 5.74) is -0.129. The molecule has 0 aliphatic carbocycles. The number of halogens is 1. The van der Waals surface area contributed by atoms with Crippen LogP contribution in [0.15, 0.2) is 16.9 Å². The van der Waals surface area contributed by atoms with E-state index in [4.69, 9.17) is 0 Å². The van der Waals surface area contributed by atoms with E-state index < -0.39 is 17.5 Å². The number of carbonyl (C=O) groups is 1. The summed E-state index contributed by atoms with van der Waals surface area (Å²) >= 11 is 0. The topological polar surface area (TPSA) is 64.1 Å². The average molecular weight is 252 g/mol. The molecule has 0 spiro atoms. The van der Waals surface area contributed by atoms with Gasteiger partial charge in [-0.1, -0.05) is 0 Å². The first-order chi connectivity index (χ1) is 8.47. The molecule has 96 valence electrons. The smallest absolute Gasteiger partial charge is 0.340 e. The molecule has 1 aromatic heterocycles. The SMILES string of the molecule is COC(=O)c1ccc2[nH]c(=O)n(C(C)C)c2c1F. The first kappa shape index (κ1) is 12.3. The summed E-state index contributed by atoms with van der Waals surface area (Å²) in [6, 6.07) is 2.57.